The van der Waals surface area contributed by atoms with Crippen LogP contribution in [0.5, 0.6) is 0 Å². The summed E-state index contributed by atoms with van der Waals surface area (Å²) in [6.45, 7) is 0.393. The first-order valence-electron chi connectivity index (χ1n) is 8.54. The van der Waals surface area contributed by atoms with Gasteiger partial charge in [0.2, 0.25) is 0 Å². The van der Waals surface area contributed by atoms with E-state index < -0.39 is 0 Å². The molecule has 3 heterocycles. The number of aryl methyl sites for hydroxylation is 1. The third kappa shape index (κ3) is 2.88. The zero-order valence-corrected chi connectivity index (χ0v) is 14.5. The third-order valence-corrected chi connectivity index (χ3v) is 4.91. The SMILES string of the molecule is CN(Cc1nncn1C)C(=O)c1cnc2c(c1)ncn2C1CCCC1. The molecule has 0 N–H and O–H groups in total. The Morgan fingerprint density at radius 2 is 2.08 bits per heavy atom. The topological polar surface area (TPSA) is 81.7 Å². The van der Waals surface area contributed by atoms with E-state index >= 15 is 0 Å². The number of hydrogen-bond acceptors (Lipinski definition) is 5. The van der Waals surface area contributed by atoms with Crippen LogP contribution in [0, 0.1) is 0 Å². The fourth-order valence-corrected chi connectivity index (χ4v) is 3.44. The molecule has 4 rings (SSSR count). The van der Waals surface area contributed by atoms with E-state index in [0.29, 0.717) is 18.2 Å². The van der Waals surface area contributed by atoms with E-state index in [-0.39, 0.29) is 5.91 Å². The van der Waals surface area contributed by atoms with Gasteiger partial charge in [0.15, 0.2) is 11.5 Å². The number of pyridine rings is 1. The van der Waals surface area contributed by atoms with Crippen molar-refractivity contribution in [3.8, 4) is 0 Å². The molecule has 1 saturated carbocycles. The van der Waals surface area contributed by atoms with Gasteiger partial charge in [0.05, 0.1) is 18.4 Å². The van der Waals surface area contributed by atoms with E-state index in [0.717, 1.165) is 17.0 Å². The van der Waals surface area contributed by atoms with Gasteiger partial charge in [-0.25, -0.2) is 9.97 Å². The Morgan fingerprint density at radius 3 is 2.80 bits per heavy atom. The molecule has 0 radical (unpaired) electrons. The highest BCUT2D eigenvalue weighted by Gasteiger charge is 2.21. The van der Waals surface area contributed by atoms with Crippen LogP contribution in [0.1, 0.15) is 47.9 Å². The number of fused-ring (bicyclic) bond motifs is 1. The Bertz CT molecular complexity index is 907. The van der Waals surface area contributed by atoms with Crippen molar-refractivity contribution in [3.05, 3.63) is 36.3 Å². The van der Waals surface area contributed by atoms with Crippen LogP contribution < -0.4 is 0 Å². The van der Waals surface area contributed by atoms with Gasteiger partial charge in [-0.1, -0.05) is 12.8 Å². The van der Waals surface area contributed by atoms with Gasteiger partial charge in [-0.15, -0.1) is 10.2 Å². The van der Waals surface area contributed by atoms with Crippen molar-refractivity contribution in [1.82, 2.24) is 34.2 Å². The standard InChI is InChI=1S/C17H21N7O/c1-22(9-15-21-20-11-23(15)2)17(25)12-7-14-16(18-8-12)24(10-19-14)13-5-3-4-6-13/h7-8,10-11,13H,3-6,9H2,1-2H3. The monoisotopic (exact) mass is 339 g/mol. The Hall–Kier alpha value is -2.77. The minimum absolute atomic E-state index is 0.104. The number of carbonyl (C=O) groups is 1. The molecule has 8 nitrogen and oxygen atoms in total. The fraction of sp³-hybridized carbons (Fsp3) is 0.471. The minimum atomic E-state index is -0.104. The van der Waals surface area contributed by atoms with Crippen LogP contribution in [0.3, 0.4) is 0 Å². The van der Waals surface area contributed by atoms with E-state index in [1.165, 1.54) is 25.7 Å². The molecular weight excluding hydrogens is 318 g/mol. The Morgan fingerprint density at radius 1 is 1.28 bits per heavy atom. The Balaban J connectivity index is 1.56. The van der Waals surface area contributed by atoms with Crippen molar-refractivity contribution in [2.75, 3.05) is 7.05 Å². The number of amides is 1. The summed E-state index contributed by atoms with van der Waals surface area (Å²) in [6, 6.07) is 2.31. The van der Waals surface area contributed by atoms with Gasteiger partial charge < -0.3 is 14.0 Å². The molecule has 0 saturated heterocycles. The first-order valence-corrected chi connectivity index (χ1v) is 8.54. The lowest BCUT2D eigenvalue weighted by atomic mass is 10.2. The summed E-state index contributed by atoms with van der Waals surface area (Å²) in [7, 11) is 3.61. The second-order valence-electron chi connectivity index (χ2n) is 6.68. The van der Waals surface area contributed by atoms with Gasteiger partial charge in [0.25, 0.3) is 5.91 Å². The first kappa shape index (κ1) is 15.7. The smallest absolute Gasteiger partial charge is 0.255 e. The van der Waals surface area contributed by atoms with Gasteiger partial charge >= 0.3 is 0 Å². The number of nitrogens with zero attached hydrogens (tertiary/aromatic N) is 7. The molecule has 0 spiro atoms. The summed E-state index contributed by atoms with van der Waals surface area (Å²) in [5.74, 6) is 0.628. The number of carbonyl (C=O) groups excluding carboxylic acids is 1. The molecule has 0 atom stereocenters. The maximum atomic E-state index is 12.7. The molecule has 130 valence electrons. The third-order valence-electron chi connectivity index (χ3n) is 4.91. The number of aromatic nitrogens is 6. The summed E-state index contributed by atoms with van der Waals surface area (Å²) >= 11 is 0. The van der Waals surface area contributed by atoms with E-state index in [2.05, 4.69) is 24.7 Å². The predicted octanol–water partition coefficient (Wildman–Crippen LogP) is 1.95. The van der Waals surface area contributed by atoms with E-state index in [1.54, 1.807) is 29.0 Å². The van der Waals surface area contributed by atoms with Crippen LogP contribution in [-0.2, 0) is 13.6 Å². The zero-order valence-electron chi connectivity index (χ0n) is 14.5. The van der Waals surface area contributed by atoms with Crippen molar-refractivity contribution >= 4 is 17.1 Å². The Labute approximate surface area is 145 Å². The lowest BCUT2D eigenvalue weighted by Gasteiger charge is -2.16. The quantitative estimate of drug-likeness (QED) is 0.725. The molecule has 0 aliphatic heterocycles. The zero-order chi connectivity index (χ0) is 17.4. The van der Waals surface area contributed by atoms with Crippen LogP contribution in [0.2, 0.25) is 0 Å². The molecule has 3 aromatic heterocycles. The van der Waals surface area contributed by atoms with Crippen LogP contribution in [-0.4, -0.2) is 47.2 Å². The molecule has 3 aromatic rings. The minimum Gasteiger partial charge on any atom is -0.334 e. The summed E-state index contributed by atoms with van der Waals surface area (Å²) in [5.41, 5.74) is 2.16. The summed E-state index contributed by atoms with van der Waals surface area (Å²) in [4.78, 5) is 23.3. The summed E-state index contributed by atoms with van der Waals surface area (Å²) in [5, 5.41) is 7.86. The molecule has 1 aliphatic carbocycles. The van der Waals surface area contributed by atoms with E-state index in [1.807, 2.05) is 19.4 Å². The molecular formula is C17H21N7O. The first-order chi connectivity index (χ1) is 12.1. The fourth-order valence-electron chi connectivity index (χ4n) is 3.44. The highest BCUT2D eigenvalue weighted by molar-refractivity contribution is 5.96. The highest BCUT2D eigenvalue weighted by atomic mass is 16.2. The highest BCUT2D eigenvalue weighted by Crippen LogP contribution is 2.31. The van der Waals surface area contributed by atoms with Crippen molar-refractivity contribution < 1.29 is 4.79 Å². The molecule has 1 amide bonds. The molecule has 8 heteroatoms. The van der Waals surface area contributed by atoms with Gasteiger partial charge in [0.1, 0.15) is 11.8 Å². The average Bonchev–Trinajstić information content (AvgIpc) is 3.34. The van der Waals surface area contributed by atoms with Crippen LogP contribution in [0.25, 0.3) is 11.2 Å². The number of rotatable bonds is 4. The van der Waals surface area contributed by atoms with Crippen molar-refractivity contribution in [2.24, 2.45) is 7.05 Å². The van der Waals surface area contributed by atoms with Crippen molar-refractivity contribution in [3.63, 3.8) is 0 Å². The number of hydrogen-bond donors (Lipinski definition) is 0. The van der Waals surface area contributed by atoms with Gasteiger partial charge in [-0.3, -0.25) is 4.79 Å². The second kappa shape index (κ2) is 6.27. The average molecular weight is 339 g/mol. The van der Waals surface area contributed by atoms with Crippen LogP contribution in [0.4, 0.5) is 0 Å². The normalized spacial score (nSPS) is 15.1. The molecule has 0 unspecified atom stereocenters. The summed E-state index contributed by atoms with van der Waals surface area (Å²) < 4.78 is 3.95. The molecule has 1 aliphatic rings. The lowest BCUT2D eigenvalue weighted by Crippen LogP contribution is -2.27. The van der Waals surface area contributed by atoms with Crippen molar-refractivity contribution in [1.29, 1.82) is 0 Å². The summed E-state index contributed by atoms with van der Waals surface area (Å²) in [6.07, 6.45) is 9.98. The van der Waals surface area contributed by atoms with Gasteiger partial charge in [-0.2, -0.15) is 0 Å². The largest absolute Gasteiger partial charge is 0.334 e. The lowest BCUT2D eigenvalue weighted by molar-refractivity contribution is 0.0780. The van der Waals surface area contributed by atoms with Gasteiger partial charge in [0, 0.05) is 26.3 Å². The predicted molar refractivity (Wildman–Crippen MR) is 91.8 cm³/mol. The maximum Gasteiger partial charge on any atom is 0.255 e. The van der Waals surface area contributed by atoms with E-state index in [4.69, 9.17) is 0 Å². The molecule has 25 heavy (non-hydrogen) atoms. The second-order valence-corrected chi connectivity index (χ2v) is 6.68. The molecule has 0 aromatic carbocycles. The van der Waals surface area contributed by atoms with Crippen molar-refractivity contribution in [2.45, 2.75) is 38.3 Å². The molecule has 0 bridgehead atoms. The van der Waals surface area contributed by atoms with Crippen LogP contribution >= 0.6 is 0 Å². The van der Waals surface area contributed by atoms with Crippen LogP contribution in [0.15, 0.2) is 24.9 Å². The Kier molecular flexibility index (Phi) is 3.95. The number of imidazole rings is 1. The molecule has 1 fully saturated rings. The van der Waals surface area contributed by atoms with Gasteiger partial charge in [-0.05, 0) is 18.9 Å². The van der Waals surface area contributed by atoms with E-state index in [9.17, 15) is 4.79 Å². The maximum absolute atomic E-state index is 12.7.